The van der Waals surface area contributed by atoms with E-state index in [4.69, 9.17) is 4.74 Å². The number of nitrogens with one attached hydrogen (secondary N) is 2. The van der Waals surface area contributed by atoms with Gasteiger partial charge in [0, 0.05) is 37.6 Å². The molecule has 5 heteroatoms. The topological polar surface area (TPSA) is 71.2 Å². The monoisotopic (exact) mass is 264 g/mol. The van der Waals surface area contributed by atoms with Crippen molar-refractivity contribution < 1.29 is 9.53 Å². The first-order valence-electron chi connectivity index (χ1n) is 6.72. The van der Waals surface area contributed by atoms with Crippen molar-refractivity contribution in [1.29, 1.82) is 0 Å². The number of hydrogen-bond acceptors (Lipinski definition) is 3. The SMILES string of the molecule is Cc1cc(=O)cc(C(=O)NCC[C@H]2CCCOC2)[nH]1. The Hall–Kier alpha value is -1.62. The maximum absolute atomic E-state index is 11.9. The van der Waals surface area contributed by atoms with Gasteiger partial charge < -0.3 is 15.0 Å². The second kappa shape index (κ2) is 6.52. The maximum Gasteiger partial charge on any atom is 0.267 e. The molecule has 5 nitrogen and oxygen atoms in total. The molecular weight excluding hydrogens is 244 g/mol. The molecule has 1 aromatic heterocycles. The van der Waals surface area contributed by atoms with Crippen LogP contribution in [0.5, 0.6) is 0 Å². The summed E-state index contributed by atoms with van der Waals surface area (Å²) >= 11 is 0. The number of hydrogen-bond donors (Lipinski definition) is 2. The molecule has 1 atom stereocenters. The van der Waals surface area contributed by atoms with E-state index in [9.17, 15) is 9.59 Å². The Kier molecular flexibility index (Phi) is 4.74. The largest absolute Gasteiger partial charge is 0.381 e. The van der Waals surface area contributed by atoms with Gasteiger partial charge in [0.05, 0.1) is 0 Å². The lowest BCUT2D eigenvalue weighted by Gasteiger charge is -2.21. The van der Waals surface area contributed by atoms with Crippen molar-refractivity contribution in [3.8, 4) is 0 Å². The molecule has 0 bridgehead atoms. The zero-order valence-electron chi connectivity index (χ0n) is 11.2. The van der Waals surface area contributed by atoms with Crippen molar-refractivity contribution in [3.05, 3.63) is 33.7 Å². The Bertz CT molecular complexity index is 490. The summed E-state index contributed by atoms with van der Waals surface area (Å²) in [5, 5.41) is 2.84. The van der Waals surface area contributed by atoms with Crippen LogP contribution in [0.15, 0.2) is 16.9 Å². The van der Waals surface area contributed by atoms with Crippen LogP contribution in [0, 0.1) is 12.8 Å². The highest BCUT2D eigenvalue weighted by atomic mass is 16.5. The number of carbonyl (C=O) groups excluding carboxylic acids is 1. The molecule has 104 valence electrons. The number of aromatic nitrogens is 1. The minimum atomic E-state index is -0.225. The zero-order chi connectivity index (χ0) is 13.7. The molecule has 1 aliphatic heterocycles. The Morgan fingerprint density at radius 3 is 3.05 bits per heavy atom. The summed E-state index contributed by atoms with van der Waals surface area (Å²) in [6.45, 7) is 4.02. The van der Waals surface area contributed by atoms with Gasteiger partial charge >= 0.3 is 0 Å². The van der Waals surface area contributed by atoms with Crippen LogP contribution in [0.1, 0.15) is 35.4 Å². The number of pyridine rings is 1. The second-order valence-electron chi connectivity index (χ2n) is 5.04. The normalized spacial score (nSPS) is 19.1. The van der Waals surface area contributed by atoms with E-state index in [0.29, 0.717) is 23.9 Å². The molecule has 2 rings (SSSR count). The van der Waals surface area contributed by atoms with E-state index in [1.165, 1.54) is 12.1 Å². The van der Waals surface area contributed by atoms with Crippen LogP contribution in [0.2, 0.25) is 0 Å². The predicted octanol–water partition coefficient (Wildman–Crippen LogP) is 1.23. The molecule has 19 heavy (non-hydrogen) atoms. The molecule has 1 fully saturated rings. The van der Waals surface area contributed by atoms with Crippen molar-refractivity contribution >= 4 is 5.91 Å². The van der Waals surface area contributed by atoms with Gasteiger partial charge in [0.25, 0.3) is 5.91 Å². The van der Waals surface area contributed by atoms with Gasteiger partial charge in [0.1, 0.15) is 5.69 Å². The highest BCUT2D eigenvalue weighted by molar-refractivity contribution is 5.92. The second-order valence-corrected chi connectivity index (χ2v) is 5.04. The summed E-state index contributed by atoms with van der Waals surface area (Å²) in [6.07, 6.45) is 3.18. The average Bonchev–Trinajstić information content (AvgIpc) is 2.38. The lowest BCUT2D eigenvalue weighted by molar-refractivity contribution is 0.0514. The van der Waals surface area contributed by atoms with Crippen LogP contribution >= 0.6 is 0 Å². The number of carbonyl (C=O) groups is 1. The molecule has 2 N–H and O–H groups in total. The Morgan fingerprint density at radius 2 is 2.37 bits per heavy atom. The minimum absolute atomic E-state index is 0.151. The van der Waals surface area contributed by atoms with E-state index in [1.54, 1.807) is 6.92 Å². The minimum Gasteiger partial charge on any atom is -0.381 e. The molecule has 1 amide bonds. The number of aromatic amines is 1. The van der Waals surface area contributed by atoms with E-state index in [1.807, 2.05) is 0 Å². The third-order valence-corrected chi connectivity index (χ3v) is 3.31. The highest BCUT2D eigenvalue weighted by Gasteiger charge is 2.14. The van der Waals surface area contributed by atoms with Gasteiger partial charge in [-0.1, -0.05) is 0 Å². The van der Waals surface area contributed by atoms with Crippen molar-refractivity contribution in [2.24, 2.45) is 5.92 Å². The molecule has 0 unspecified atom stereocenters. The van der Waals surface area contributed by atoms with Crippen LogP contribution in [0.4, 0.5) is 0 Å². The Labute approximate surface area is 112 Å². The van der Waals surface area contributed by atoms with E-state index in [2.05, 4.69) is 10.3 Å². The van der Waals surface area contributed by atoms with E-state index in [0.717, 1.165) is 32.5 Å². The van der Waals surface area contributed by atoms with Gasteiger partial charge in [0.2, 0.25) is 0 Å². The fourth-order valence-corrected chi connectivity index (χ4v) is 2.32. The third kappa shape index (κ3) is 4.21. The molecule has 1 aliphatic rings. The van der Waals surface area contributed by atoms with Gasteiger partial charge in [-0.05, 0) is 32.1 Å². The molecule has 0 radical (unpaired) electrons. The summed E-state index contributed by atoms with van der Waals surface area (Å²) in [6, 6.07) is 2.79. The van der Waals surface area contributed by atoms with Crippen LogP contribution in [0.3, 0.4) is 0 Å². The van der Waals surface area contributed by atoms with Crippen LogP contribution < -0.4 is 10.7 Å². The summed E-state index contributed by atoms with van der Waals surface area (Å²) in [4.78, 5) is 26.1. The van der Waals surface area contributed by atoms with Gasteiger partial charge in [-0.25, -0.2) is 0 Å². The van der Waals surface area contributed by atoms with Gasteiger partial charge in [0.15, 0.2) is 5.43 Å². The highest BCUT2D eigenvalue weighted by Crippen LogP contribution is 2.16. The Morgan fingerprint density at radius 1 is 1.53 bits per heavy atom. The van der Waals surface area contributed by atoms with Crippen molar-refractivity contribution in [2.45, 2.75) is 26.2 Å². The number of amides is 1. The van der Waals surface area contributed by atoms with E-state index in [-0.39, 0.29) is 11.3 Å². The van der Waals surface area contributed by atoms with Gasteiger partial charge in [-0.3, -0.25) is 9.59 Å². The molecule has 0 saturated carbocycles. The molecule has 1 saturated heterocycles. The lowest BCUT2D eigenvalue weighted by atomic mass is 9.99. The molecular formula is C14H20N2O3. The first-order chi connectivity index (χ1) is 9.15. The number of ether oxygens (including phenoxy) is 1. The van der Waals surface area contributed by atoms with E-state index < -0.39 is 0 Å². The van der Waals surface area contributed by atoms with Crippen LogP contribution in [-0.2, 0) is 4.74 Å². The molecule has 1 aromatic rings. The predicted molar refractivity (Wildman–Crippen MR) is 72.3 cm³/mol. The fraction of sp³-hybridized carbons (Fsp3) is 0.571. The maximum atomic E-state index is 11.9. The summed E-state index contributed by atoms with van der Waals surface area (Å²) in [5.74, 6) is 0.308. The third-order valence-electron chi connectivity index (χ3n) is 3.31. The first-order valence-corrected chi connectivity index (χ1v) is 6.72. The van der Waals surface area contributed by atoms with Crippen LogP contribution in [-0.4, -0.2) is 30.6 Å². The summed E-state index contributed by atoms with van der Waals surface area (Å²) < 4.78 is 5.40. The van der Waals surface area contributed by atoms with Gasteiger partial charge in [-0.2, -0.15) is 0 Å². The number of aryl methyl sites for hydroxylation is 1. The smallest absolute Gasteiger partial charge is 0.267 e. The van der Waals surface area contributed by atoms with E-state index >= 15 is 0 Å². The summed E-state index contributed by atoms with van der Waals surface area (Å²) in [7, 11) is 0. The standard InChI is InChI=1S/C14H20N2O3/c1-10-7-12(17)8-13(16-10)14(18)15-5-4-11-3-2-6-19-9-11/h7-8,11H,2-6,9H2,1H3,(H,15,18)(H,16,17)/t11-/m1/s1. The zero-order valence-corrected chi connectivity index (χ0v) is 11.2. The fourth-order valence-electron chi connectivity index (χ4n) is 2.32. The molecule has 0 spiro atoms. The molecule has 0 aliphatic carbocycles. The quantitative estimate of drug-likeness (QED) is 0.859. The van der Waals surface area contributed by atoms with Crippen molar-refractivity contribution in [1.82, 2.24) is 10.3 Å². The van der Waals surface area contributed by atoms with Gasteiger partial charge in [-0.15, -0.1) is 0 Å². The average molecular weight is 264 g/mol. The molecule has 0 aromatic carbocycles. The Balaban J connectivity index is 1.82. The summed E-state index contributed by atoms with van der Waals surface area (Å²) in [5.41, 5.74) is 0.866. The van der Waals surface area contributed by atoms with Crippen molar-refractivity contribution in [3.63, 3.8) is 0 Å². The van der Waals surface area contributed by atoms with Crippen molar-refractivity contribution in [2.75, 3.05) is 19.8 Å². The van der Waals surface area contributed by atoms with Crippen LogP contribution in [0.25, 0.3) is 0 Å². The number of rotatable bonds is 4. The number of H-pyrrole nitrogens is 1. The molecule has 2 heterocycles. The lowest BCUT2D eigenvalue weighted by Crippen LogP contribution is -2.29. The first kappa shape index (κ1) is 13.8.